The van der Waals surface area contributed by atoms with Gasteiger partial charge >= 0.3 is 0 Å². The molecule has 0 saturated heterocycles. The number of imidazole rings is 1. The zero-order valence-electron chi connectivity index (χ0n) is 8.41. The molecule has 0 atom stereocenters. The average Bonchev–Trinajstić information content (AvgIpc) is 2.64. The molecule has 1 rings (SSSR count). The van der Waals surface area contributed by atoms with E-state index in [1.165, 1.54) is 0 Å². The third-order valence-electron chi connectivity index (χ3n) is 1.52. The summed E-state index contributed by atoms with van der Waals surface area (Å²) >= 11 is 0. The fourth-order valence-corrected chi connectivity index (χ4v) is 0.942. The molecule has 0 saturated carbocycles. The number of H-pyrrole nitrogens is 1. The van der Waals surface area contributed by atoms with Crippen LogP contribution in [-0.2, 0) is 6.54 Å². The summed E-state index contributed by atoms with van der Waals surface area (Å²) in [5.74, 6) is 5.87. The van der Waals surface area contributed by atoms with Gasteiger partial charge in [-0.1, -0.05) is 0 Å². The molecule has 78 valence electrons. The average molecular weight is 196 g/mol. The Morgan fingerprint density at radius 3 is 3.00 bits per heavy atom. The maximum Gasteiger partial charge on any atom is 0.206 e. The molecule has 0 aromatic carbocycles. The Labute approximate surface area is 83.0 Å². The van der Waals surface area contributed by atoms with Crippen LogP contribution in [0.15, 0.2) is 17.5 Å². The molecule has 0 unspecified atom stereocenters. The molecule has 1 aromatic heterocycles. The summed E-state index contributed by atoms with van der Waals surface area (Å²) in [5, 5.41) is 3.07. The lowest BCUT2D eigenvalue weighted by atomic mass is 10.4. The van der Waals surface area contributed by atoms with Crippen LogP contribution in [0.3, 0.4) is 0 Å². The first-order chi connectivity index (χ1) is 6.72. The number of aliphatic imine (C=N–C) groups is 1. The SMILES string of the molecule is CC(C)NC(=NCc1cnc[nH]1)NN. The second-order valence-corrected chi connectivity index (χ2v) is 3.19. The second kappa shape index (κ2) is 5.23. The standard InChI is InChI=1S/C8H16N6/c1-6(2)13-8(14-9)11-4-7-3-10-5-12-7/h3,5-6H,4,9H2,1-2H3,(H,10,12)(H2,11,13,14). The summed E-state index contributed by atoms with van der Waals surface area (Å²) in [4.78, 5) is 11.1. The molecule has 0 aliphatic rings. The number of aromatic amines is 1. The smallest absolute Gasteiger partial charge is 0.206 e. The Balaban J connectivity index is 2.48. The quantitative estimate of drug-likeness (QED) is 0.232. The molecule has 0 aliphatic carbocycles. The third-order valence-corrected chi connectivity index (χ3v) is 1.52. The van der Waals surface area contributed by atoms with Gasteiger partial charge in [-0.3, -0.25) is 5.43 Å². The van der Waals surface area contributed by atoms with Crippen LogP contribution in [0.1, 0.15) is 19.5 Å². The molecule has 0 spiro atoms. The van der Waals surface area contributed by atoms with E-state index in [9.17, 15) is 0 Å². The van der Waals surface area contributed by atoms with E-state index < -0.39 is 0 Å². The van der Waals surface area contributed by atoms with Gasteiger partial charge in [0.15, 0.2) is 0 Å². The van der Waals surface area contributed by atoms with E-state index in [4.69, 9.17) is 5.84 Å². The van der Waals surface area contributed by atoms with Crippen molar-refractivity contribution in [1.82, 2.24) is 20.7 Å². The van der Waals surface area contributed by atoms with Crippen LogP contribution < -0.4 is 16.6 Å². The molecule has 6 heteroatoms. The maximum absolute atomic E-state index is 5.29. The molecule has 0 radical (unpaired) electrons. The summed E-state index contributed by atoms with van der Waals surface area (Å²) in [5.41, 5.74) is 3.45. The summed E-state index contributed by atoms with van der Waals surface area (Å²) in [6.07, 6.45) is 3.35. The van der Waals surface area contributed by atoms with E-state index in [2.05, 4.69) is 25.7 Å². The van der Waals surface area contributed by atoms with E-state index >= 15 is 0 Å². The maximum atomic E-state index is 5.29. The molecule has 0 fully saturated rings. The molecule has 0 bridgehead atoms. The number of nitrogens with zero attached hydrogens (tertiary/aromatic N) is 2. The van der Waals surface area contributed by atoms with Crippen molar-refractivity contribution in [1.29, 1.82) is 0 Å². The Hall–Kier alpha value is -1.56. The van der Waals surface area contributed by atoms with Crippen molar-refractivity contribution in [3.63, 3.8) is 0 Å². The van der Waals surface area contributed by atoms with Crippen molar-refractivity contribution >= 4 is 5.96 Å². The first-order valence-electron chi connectivity index (χ1n) is 4.47. The number of hydrogen-bond acceptors (Lipinski definition) is 3. The van der Waals surface area contributed by atoms with Crippen molar-refractivity contribution in [2.24, 2.45) is 10.8 Å². The van der Waals surface area contributed by atoms with E-state index in [1.54, 1.807) is 12.5 Å². The van der Waals surface area contributed by atoms with Crippen molar-refractivity contribution in [3.8, 4) is 0 Å². The zero-order chi connectivity index (χ0) is 10.4. The third kappa shape index (κ3) is 3.44. The molecule has 0 aliphatic heterocycles. The van der Waals surface area contributed by atoms with Crippen LogP contribution in [0.25, 0.3) is 0 Å². The topological polar surface area (TPSA) is 91.1 Å². The minimum absolute atomic E-state index is 0.298. The Bertz CT molecular complexity index is 276. The van der Waals surface area contributed by atoms with Gasteiger partial charge < -0.3 is 10.3 Å². The molecular weight excluding hydrogens is 180 g/mol. The monoisotopic (exact) mass is 196 g/mol. The number of rotatable bonds is 3. The zero-order valence-corrected chi connectivity index (χ0v) is 8.41. The number of nitrogens with two attached hydrogens (primary N) is 1. The number of hydrazine groups is 1. The van der Waals surface area contributed by atoms with E-state index in [0.29, 0.717) is 18.5 Å². The van der Waals surface area contributed by atoms with Crippen molar-refractivity contribution in [2.75, 3.05) is 0 Å². The molecule has 1 heterocycles. The summed E-state index contributed by atoms with van der Waals surface area (Å²) in [6.45, 7) is 4.56. The highest BCUT2D eigenvalue weighted by atomic mass is 15.3. The fourth-order valence-electron chi connectivity index (χ4n) is 0.942. The van der Waals surface area contributed by atoms with Crippen LogP contribution in [0, 0.1) is 0 Å². The minimum Gasteiger partial charge on any atom is -0.353 e. The minimum atomic E-state index is 0.298. The fraction of sp³-hybridized carbons (Fsp3) is 0.500. The van der Waals surface area contributed by atoms with Crippen molar-refractivity contribution < 1.29 is 0 Å². The normalized spacial score (nSPS) is 11.9. The number of aromatic nitrogens is 2. The van der Waals surface area contributed by atoms with Crippen LogP contribution >= 0.6 is 0 Å². The molecule has 6 nitrogen and oxygen atoms in total. The van der Waals surface area contributed by atoms with Crippen LogP contribution in [-0.4, -0.2) is 22.0 Å². The lowest BCUT2D eigenvalue weighted by Gasteiger charge is -2.11. The highest BCUT2D eigenvalue weighted by Gasteiger charge is 1.98. The Morgan fingerprint density at radius 2 is 2.50 bits per heavy atom. The van der Waals surface area contributed by atoms with E-state index in [1.807, 2.05) is 13.8 Å². The lowest BCUT2D eigenvalue weighted by Crippen LogP contribution is -2.44. The van der Waals surface area contributed by atoms with Gasteiger partial charge in [-0.2, -0.15) is 0 Å². The van der Waals surface area contributed by atoms with Gasteiger partial charge in [-0.25, -0.2) is 15.8 Å². The first-order valence-corrected chi connectivity index (χ1v) is 4.47. The Morgan fingerprint density at radius 1 is 1.71 bits per heavy atom. The van der Waals surface area contributed by atoms with Gasteiger partial charge in [0.1, 0.15) is 0 Å². The van der Waals surface area contributed by atoms with Gasteiger partial charge in [0.05, 0.1) is 18.6 Å². The summed E-state index contributed by atoms with van der Waals surface area (Å²) in [6, 6.07) is 0.298. The van der Waals surface area contributed by atoms with Gasteiger partial charge in [-0.15, -0.1) is 0 Å². The summed E-state index contributed by atoms with van der Waals surface area (Å²) < 4.78 is 0. The van der Waals surface area contributed by atoms with Crippen molar-refractivity contribution in [3.05, 3.63) is 18.2 Å². The predicted molar refractivity (Wildman–Crippen MR) is 55.3 cm³/mol. The number of hydrogen-bond donors (Lipinski definition) is 4. The second-order valence-electron chi connectivity index (χ2n) is 3.19. The predicted octanol–water partition coefficient (Wildman–Crippen LogP) is -0.273. The summed E-state index contributed by atoms with van der Waals surface area (Å²) in [7, 11) is 0. The molecule has 0 amide bonds. The molecule has 14 heavy (non-hydrogen) atoms. The highest BCUT2D eigenvalue weighted by molar-refractivity contribution is 5.79. The molecular formula is C8H16N6. The van der Waals surface area contributed by atoms with E-state index in [0.717, 1.165) is 5.69 Å². The van der Waals surface area contributed by atoms with Gasteiger partial charge in [0.2, 0.25) is 5.96 Å². The number of nitrogens with one attached hydrogen (secondary N) is 3. The van der Waals surface area contributed by atoms with Gasteiger partial charge in [0.25, 0.3) is 0 Å². The van der Waals surface area contributed by atoms with E-state index in [-0.39, 0.29) is 0 Å². The van der Waals surface area contributed by atoms with Gasteiger partial charge in [0, 0.05) is 12.2 Å². The molecule has 5 N–H and O–H groups in total. The number of guanidine groups is 1. The van der Waals surface area contributed by atoms with Crippen LogP contribution in [0.5, 0.6) is 0 Å². The van der Waals surface area contributed by atoms with Crippen molar-refractivity contribution in [2.45, 2.75) is 26.4 Å². The Kier molecular flexibility index (Phi) is 3.93. The largest absolute Gasteiger partial charge is 0.353 e. The van der Waals surface area contributed by atoms with Gasteiger partial charge in [-0.05, 0) is 13.8 Å². The van der Waals surface area contributed by atoms with Crippen LogP contribution in [0.2, 0.25) is 0 Å². The first kappa shape index (κ1) is 10.5. The lowest BCUT2D eigenvalue weighted by molar-refractivity contribution is 0.701. The molecule has 1 aromatic rings. The highest BCUT2D eigenvalue weighted by Crippen LogP contribution is 1.92. The van der Waals surface area contributed by atoms with Crippen LogP contribution in [0.4, 0.5) is 0 Å².